The van der Waals surface area contributed by atoms with Gasteiger partial charge in [-0.15, -0.1) is 0 Å². The lowest BCUT2D eigenvalue weighted by molar-refractivity contribution is 0.0214. The van der Waals surface area contributed by atoms with Crippen molar-refractivity contribution in [2.45, 2.75) is 57.0 Å². The van der Waals surface area contributed by atoms with E-state index in [2.05, 4.69) is 0 Å². The molecule has 1 aromatic carbocycles. The summed E-state index contributed by atoms with van der Waals surface area (Å²) in [6.45, 7) is 0. The highest BCUT2D eigenvalue weighted by atomic mass is 16.5. The van der Waals surface area contributed by atoms with Crippen LogP contribution in [0.2, 0.25) is 0 Å². The van der Waals surface area contributed by atoms with E-state index in [1.54, 1.807) is 13.2 Å². The van der Waals surface area contributed by atoms with Crippen molar-refractivity contribution in [3.8, 4) is 11.5 Å². The Morgan fingerprint density at radius 2 is 1.80 bits per heavy atom. The maximum atomic E-state index is 12.5. The fourth-order valence-electron chi connectivity index (χ4n) is 3.43. The molecule has 3 heteroatoms. The Morgan fingerprint density at radius 3 is 2.50 bits per heavy atom. The number of ketones is 1. The van der Waals surface area contributed by atoms with Gasteiger partial charge in [-0.3, -0.25) is 4.79 Å². The molecule has 0 saturated heterocycles. The van der Waals surface area contributed by atoms with Gasteiger partial charge >= 0.3 is 0 Å². The van der Waals surface area contributed by atoms with Gasteiger partial charge in [-0.2, -0.15) is 0 Å². The zero-order chi connectivity index (χ0) is 14.0. The molecule has 20 heavy (non-hydrogen) atoms. The first kappa shape index (κ1) is 13.5. The van der Waals surface area contributed by atoms with E-state index in [1.165, 1.54) is 32.1 Å². The number of hydrogen-bond acceptors (Lipinski definition) is 3. The molecule has 2 aliphatic rings. The van der Waals surface area contributed by atoms with Gasteiger partial charge in [0.25, 0.3) is 0 Å². The van der Waals surface area contributed by atoms with Crippen LogP contribution in [0.5, 0.6) is 11.5 Å². The smallest absolute Gasteiger partial charge is 0.170 e. The highest BCUT2D eigenvalue weighted by Gasteiger charge is 2.40. The van der Waals surface area contributed by atoms with Gasteiger partial charge in [0, 0.05) is 0 Å². The van der Waals surface area contributed by atoms with Gasteiger partial charge in [0.05, 0.1) is 19.1 Å². The van der Waals surface area contributed by atoms with Crippen LogP contribution in [0.4, 0.5) is 0 Å². The summed E-state index contributed by atoms with van der Waals surface area (Å²) in [7, 11) is 1.62. The van der Waals surface area contributed by atoms with Gasteiger partial charge in [-0.25, -0.2) is 0 Å². The zero-order valence-electron chi connectivity index (χ0n) is 12.1. The van der Waals surface area contributed by atoms with Crippen LogP contribution < -0.4 is 9.47 Å². The van der Waals surface area contributed by atoms with E-state index in [-0.39, 0.29) is 11.4 Å². The number of hydrogen-bond donors (Lipinski definition) is 0. The molecule has 0 N–H and O–H groups in total. The molecule has 0 atom stereocenters. The quantitative estimate of drug-likeness (QED) is 0.772. The van der Waals surface area contributed by atoms with Crippen LogP contribution in [0, 0.1) is 0 Å². The first-order valence-corrected chi connectivity index (χ1v) is 7.63. The molecule has 0 bridgehead atoms. The van der Waals surface area contributed by atoms with Crippen LogP contribution in [0.25, 0.3) is 0 Å². The highest BCUT2D eigenvalue weighted by molar-refractivity contribution is 6.00. The highest BCUT2D eigenvalue weighted by Crippen LogP contribution is 2.41. The average Bonchev–Trinajstić information content (AvgIpc) is 2.43. The molecular weight excluding hydrogens is 252 g/mol. The monoisotopic (exact) mass is 274 g/mol. The normalized spacial score (nSPS) is 21.6. The zero-order valence-corrected chi connectivity index (χ0v) is 12.1. The van der Waals surface area contributed by atoms with E-state index in [0.717, 1.165) is 18.6 Å². The van der Waals surface area contributed by atoms with Crippen molar-refractivity contribution in [2.75, 3.05) is 7.11 Å². The summed E-state index contributed by atoms with van der Waals surface area (Å²) in [4.78, 5) is 12.5. The molecule has 0 aromatic heterocycles. The summed E-state index contributed by atoms with van der Waals surface area (Å²) in [6, 6.07) is 5.55. The van der Waals surface area contributed by atoms with Crippen LogP contribution in [0.1, 0.15) is 61.7 Å². The maximum Gasteiger partial charge on any atom is 0.170 e. The Hall–Kier alpha value is -1.51. The van der Waals surface area contributed by atoms with Crippen LogP contribution in [-0.2, 0) is 0 Å². The number of methoxy groups -OCH3 is 1. The first-order chi connectivity index (χ1) is 9.72. The van der Waals surface area contributed by atoms with Crippen molar-refractivity contribution in [2.24, 2.45) is 0 Å². The second-order valence-electron chi connectivity index (χ2n) is 6.01. The second-order valence-corrected chi connectivity index (χ2v) is 6.01. The van der Waals surface area contributed by atoms with Gasteiger partial charge in [0.1, 0.15) is 17.1 Å². The minimum Gasteiger partial charge on any atom is -0.497 e. The Labute approximate surface area is 120 Å². The van der Waals surface area contributed by atoms with E-state index in [4.69, 9.17) is 9.47 Å². The van der Waals surface area contributed by atoms with E-state index in [9.17, 15) is 4.79 Å². The molecule has 0 unspecified atom stereocenters. The van der Waals surface area contributed by atoms with Crippen molar-refractivity contribution in [1.82, 2.24) is 0 Å². The Morgan fingerprint density at radius 1 is 1.10 bits per heavy atom. The Kier molecular flexibility index (Phi) is 3.68. The van der Waals surface area contributed by atoms with Crippen molar-refractivity contribution in [1.29, 1.82) is 0 Å². The number of Topliss-reactive ketones (excluding diaryl/α,β-unsaturated/α-hetero) is 1. The third-order valence-corrected chi connectivity index (χ3v) is 4.56. The molecule has 1 aliphatic carbocycles. The number of carbonyl (C=O) groups is 1. The minimum atomic E-state index is -0.251. The largest absolute Gasteiger partial charge is 0.497 e. The summed E-state index contributed by atoms with van der Waals surface area (Å²) < 4.78 is 11.5. The molecule has 108 valence electrons. The van der Waals surface area contributed by atoms with Gasteiger partial charge in [-0.1, -0.05) is 19.3 Å². The predicted octanol–water partition coefficient (Wildman–Crippen LogP) is 4.14. The lowest BCUT2D eigenvalue weighted by atomic mass is 9.80. The second kappa shape index (κ2) is 5.47. The van der Waals surface area contributed by atoms with Crippen LogP contribution in [-0.4, -0.2) is 18.5 Å². The molecule has 1 spiro atoms. The number of ether oxygens (including phenoxy) is 2. The van der Waals surface area contributed by atoms with Crippen molar-refractivity contribution in [3.05, 3.63) is 23.8 Å². The fraction of sp³-hybridized carbons (Fsp3) is 0.588. The molecule has 1 saturated carbocycles. The van der Waals surface area contributed by atoms with E-state index in [1.807, 2.05) is 12.1 Å². The lowest BCUT2D eigenvalue weighted by Gasteiger charge is -2.39. The first-order valence-electron chi connectivity index (χ1n) is 7.63. The van der Waals surface area contributed by atoms with Crippen LogP contribution in [0.3, 0.4) is 0 Å². The molecule has 0 amide bonds. The van der Waals surface area contributed by atoms with Gasteiger partial charge in [-0.05, 0) is 43.9 Å². The number of rotatable bonds is 1. The molecular formula is C17H22O3. The number of carbonyl (C=O) groups excluding carboxylic acids is 1. The molecule has 3 rings (SSSR count). The summed E-state index contributed by atoms with van der Waals surface area (Å²) in [6.07, 6.45) is 8.69. The van der Waals surface area contributed by atoms with Gasteiger partial charge < -0.3 is 9.47 Å². The summed E-state index contributed by atoms with van der Waals surface area (Å²) in [5.74, 6) is 1.66. The molecule has 1 aliphatic heterocycles. The van der Waals surface area contributed by atoms with Crippen molar-refractivity contribution < 1.29 is 14.3 Å². The van der Waals surface area contributed by atoms with Crippen LogP contribution in [0.15, 0.2) is 18.2 Å². The maximum absolute atomic E-state index is 12.5. The third kappa shape index (κ3) is 2.54. The Balaban J connectivity index is 1.89. The van der Waals surface area contributed by atoms with Crippen LogP contribution >= 0.6 is 0 Å². The molecule has 1 heterocycles. The van der Waals surface area contributed by atoms with Crippen molar-refractivity contribution >= 4 is 5.78 Å². The molecule has 1 aromatic rings. The van der Waals surface area contributed by atoms with Gasteiger partial charge in [0.2, 0.25) is 0 Å². The van der Waals surface area contributed by atoms with E-state index in [0.29, 0.717) is 17.7 Å². The third-order valence-electron chi connectivity index (χ3n) is 4.56. The lowest BCUT2D eigenvalue weighted by Crippen LogP contribution is -2.42. The molecule has 3 nitrogen and oxygen atoms in total. The Bertz CT molecular complexity index is 499. The van der Waals surface area contributed by atoms with Gasteiger partial charge in [0.15, 0.2) is 5.78 Å². The number of benzene rings is 1. The van der Waals surface area contributed by atoms with E-state index < -0.39 is 0 Å². The average molecular weight is 274 g/mol. The van der Waals surface area contributed by atoms with E-state index >= 15 is 0 Å². The fourth-order valence-corrected chi connectivity index (χ4v) is 3.43. The standard InChI is InChI=1S/C17H22O3/c1-19-13-7-8-16-14(11-13)15(18)12-17(20-16)9-5-3-2-4-6-10-17/h7-8,11H,2-6,9-10,12H2,1H3. The summed E-state index contributed by atoms with van der Waals surface area (Å²) in [5, 5.41) is 0. The molecule has 1 fully saturated rings. The number of fused-ring (bicyclic) bond motifs is 1. The minimum absolute atomic E-state index is 0.200. The summed E-state index contributed by atoms with van der Waals surface area (Å²) >= 11 is 0. The topological polar surface area (TPSA) is 35.5 Å². The van der Waals surface area contributed by atoms with Crippen molar-refractivity contribution in [3.63, 3.8) is 0 Å². The molecule has 0 radical (unpaired) electrons. The SMILES string of the molecule is COc1ccc2c(c1)C(=O)CC1(CCCCCCC1)O2. The summed E-state index contributed by atoms with van der Waals surface area (Å²) in [5.41, 5.74) is 0.427. The predicted molar refractivity (Wildman–Crippen MR) is 77.6 cm³/mol.